The lowest BCUT2D eigenvalue weighted by molar-refractivity contribution is -0.130. The second-order valence-electron chi connectivity index (χ2n) is 7.98. The Hall–Kier alpha value is -2.78. The average molecular weight is 486 g/mol. The van der Waals surface area contributed by atoms with Crippen LogP contribution in [0.15, 0.2) is 52.0 Å². The van der Waals surface area contributed by atoms with Gasteiger partial charge in [0.1, 0.15) is 11.3 Å². The molecule has 1 atom stereocenters. The number of rotatable bonds is 4. The van der Waals surface area contributed by atoms with Crippen LogP contribution in [-0.2, 0) is 16.8 Å². The molecule has 2 N–H and O–H groups in total. The van der Waals surface area contributed by atoms with Crippen molar-refractivity contribution in [1.82, 2.24) is 24.9 Å². The number of benzene rings is 1. The third-order valence-corrected chi connectivity index (χ3v) is 6.24. The third kappa shape index (κ3) is 4.77. The zero-order chi connectivity index (χ0) is 22.0. The maximum atomic E-state index is 12.7. The molecule has 0 saturated carbocycles. The van der Waals surface area contributed by atoms with Crippen molar-refractivity contribution in [2.24, 2.45) is 0 Å². The smallest absolute Gasteiger partial charge is 0.247 e. The summed E-state index contributed by atoms with van der Waals surface area (Å²) in [6.07, 6.45) is 5.12. The first-order chi connectivity index (χ1) is 14.8. The van der Waals surface area contributed by atoms with Gasteiger partial charge in [0.05, 0.1) is 18.3 Å². The van der Waals surface area contributed by atoms with Crippen molar-refractivity contribution >= 4 is 21.8 Å². The van der Waals surface area contributed by atoms with Crippen molar-refractivity contribution in [2.75, 3.05) is 13.1 Å². The number of nitrogens with zero attached hydrogens (tertiary/aromatic N) is 4. The van der Waals surface area contributed by atoms with E-state index in [2.05, 4.69) is 31.2 Å². The number of amides is 1. The number of nitrogens with one attached hydrogen (secondary N) is 1. The van der Waals surface area contributed by atoms with E-state index in [4.69, 9.17) is 0 Å². The average Bonchev–Trinajstić information content (AvgIpc) is 3.14. The molecule has 0 spiro atoms. The normalized spacial score (nSPS) is 19.3. The number of likely N-dealkylation sites (tertiary alicyclic amines) is 1. The fraction of sp³-hybridized carbons (Fsp3) is 0.364. The van der Waals surface area contributed by atoms with E-state index in [0.29, 0.717) is 38.0 Å². The predicted molar refractivity (Wildman–Crippen MR) is 119 cm³/mol. The number of hydrogen-bond donors (Lipinski definition) is 2. The number of halogens is 1. The molecule has 1 fully saturated rings. The lowest BCUT2D eigenvalue weighted by Crippen LogP contribution is -2.34. The maximum Gasteiger partial charge on any atom is 0.247 e. The Morgan fingerprint density at radius 1 is 1.26 bits per heavy atom. The monoisotopic (exact) mass is 485 g/mol. The first-order valence-corrected chi connectivity index (χ1v) is 11.0. The Morgan fingerprint density at radius 2 is 2.10 bits per heavy atom. The molecule has 3 aromatic rings. The molecule has 1 aliphatic heterocycles. The SMILES string of the molecule is Cc1cc(Br)ccc1-n1cc(C2(O)CCCN(C(=O)Cc3ccc(=O)[nH]c3)CC2)nn1. The van der Waals surface area contributed by atoms with Crippen molar-refractivity contribution < 1.29 is 9.90 Å². The van der Waals surface area contributed by atoms with Gasteiger partial charge < -0.3 is 15.0 Å². The summed E-state index contributed by atoms with van der Waals surface area (Å²) in [7, 11) is 0. The summed E-state index contributed by atoms with van der Waals surface area (Å²) < 4.78 is 2.67. The summed E-state index contributed by atoms with van der Waals surface area (Å²) in [5.74, 6) is -0.0227. The van der Waals surface area contributed by atoms with Crippen LogP contribution in [0.5, 0.6) is 0 Å². The van der Waals surface area contributed by atoms with Gasteiger partial charge in [-0.3, -0.25) is 9.59 Å². The molecule has 1 aromatic carbocycles. The summed E-state index contributed by atoms with van der Waals surface area (Å²) >= 11 is 3.46. The first-order valence-electron chi connectivity index (χ1n) is 10.2. The molecule has 0 bridgehead atoms. The van der Waals surface area contributed by atoms with E-state index >= 15 is 0 Å². The number of aromatic nitrogens is 4. The minimum absolute atomic E-state index is 0.0227. The standard InChI is InChI=1S/C22H24BrN5O3/c1-15-11-17(23)4-5-18(15)28-14-19(25-26-28)22(31)7-2-9-27(10-8-22)21(30)12-16-3-6-20(29)24-13-16/h3-6,11,13-14,31H,2,7-10,12H2,1H3,(H,24,29). The van der Waals surface area contributed by atoms with E-state index in [9.17, 15) is 14.7 Å². The van der Waals surface area contributed by atoms with Crippen molar-refractivity contribution in [2.45, 2.75) is 38.2 Å². The van der Waals surface area contributed by atoms with Gasteiger partial charge in [0.2, 0.25) is 11.5 Å². The molecule has 1 aliphatic rings. The Balaban J connectivity index is 1.46. The van der Waals surface area contributed by atoms with Crippen LogP contribution in [0.3, 0.4) is 0 Å². The van der Waals surface area contributed by atoms with E-state index in [1.807, 2.05) is 25.1 Å². The number of aryl methyl sites for hydroxylation is 1. The van der Waals surface area contributed by atoms with Crippen molar-refractivity contribution in [3.05, 3.63) is 74.4 Å². The van der Waals surface area contributed by atoms with Gasteiger partial charge in [-0.05, 0) is 55.5 Å². The zero-order valence-electron chi connectivity index (χ0n) is 17.2. The van der Waals surface area contributed by atoms with E-state index in [0.717, 1.165) is 21.3 Å². The second-order valence-corrected chi connectivity index (χ2v) is 8.90. The van der Waals surface area contributed by atoms with Gasteiger partial charge >= 0.3 is 0 Å². The molecule has 2 aromatic heterocycles. The summed E-state index contributed by atoms with van der Waals surface area (Å²) in [4.78, 5) is 28.3. The Morgan fingerprint density at radius 3 is 2.84 bits per heavy atom. The number of carbonyl (C=O) groups is 1. The number of H-pyrrole nitrogens is 1. The number of hydrogen-bond acceptors (Lipinski definition) is 5. The number of pyridine rings is 1. The van der Waals surface area contributed by atoms with Gasteiger partial charge in [0.15, 0.2) is 0 Å². The van der Waals surface area contributed by atoms with Gasteiger partial charge in [0.25, 0.3) is 0 Å². The van der Waals surface area contributed by atoms with Crippen LogP contribution in [0.25, 0.3) is 5.69 Å². The van der Waals surface area contributed by atoms with Crippen LogP contribution in [0.1, 0.15) is 36.1 Å². The molecule has 1 saturated heterocycles. The Bertz CT molecular complexity index is 1140. The predicted octanol–water partition coefficient (Wildman–Crippen LogP) is 2.47. The second kappa shape index (κ2) is 8.76. The number of aromatic amines is 1. The molecule has 9 heteroatoms. The third-order valence-electron chi connectivity index (χ3n) is 5.75. The minimum Gasteiger partial charge on any atom is -0.383 e. The number of carbonyl (C=O) groups excluding carboxylic acids is 1. The number of aliphatic hydroxyl groups is 1. The highest BCUT2D eigenvalue weighted by Crippen LogP contribution is 2.32. The van der Waals surface area contributed by atoms with Crippen molar-refractivity contribution in [3.63, 3.8) is 0 Å². The van der Waals surface area contributed by atoms with Gasteiger partial charge in [0, 0.05) is 29.8 Å². The van der Waals surface area contributed by atoms with E-state index in [1.54, 1.807) is 28.0 Å². The molecule has 1 amide bonds. The van der Waals surface area contributed by atoms with Gasteiger partial charge in [-0.15, -0.1) is 5.10 Å². The molecule has 1 unspecified atom stereocenters. The van der Waals surface area contributed by atoms with Crippen LogP contribution in [0.2, 0.25) is 0 Å². The van der Waals surface area contributed by atoms with Crippen LogP contribution in [0, 0.1) is 6.92 Å². The first kappa shape index (κ1) is 21.5. The molecule has 3 heterocycles. The Labute approximate surface area is 188 Å². The van der Waals surface area contributed by atoms with E-state index in [-0.39, 0.29) is 17.9 Å². The van der Waals surface area contributed by atoms with Crippen LogP contribution in [0.4, 0.5) is 0 Å². The molecule has 4 rings (SSSR count). The summed E-state index contributed by atoms with van der Waals surface area (Å²) in [5, 5.41) is 19.8. The van der Waals surface area contributed by atoms with Crippen molar-refractivity contribution in [1.29, 1.82) is 0 Å². The molecule has 162 valence electrons. The molecule has 0 aliphatic carbocycles. The lowest BCUT2D eigenvalue weighted by atomic mass is 9.92. The minimum atomic E-state index is -1.13. The van der Waals surface area contributed by atoms with E-state index < -0.39 is 5.60 Å². The lowest BCUT2D eigenvalue weighted by Gasteiger charge is -2.24. The van der Waals surface area contributed by atoms with Gasteiger partial charge in [-0.25, -0.2) is 4.68 Å². The topological polar surface area (TPSA) is 104 Å². The summed E-state index contributed by atoms with van der Waals surface area (Å²) in [6, 6.07) is 8.97. The Kier molecular flexibility index (Phi) is 6.06. The molecular formula is C22H24BrN5O3. The highest BCUT2D eigenvalue weighted by Gasteiger charge is 2.35. The zero-order valence-corrected chi connectivity index (χ0v) is 18.8. The molecule has 0 radical (unpaired) electrons. The molecule has 8 nitrogen and oxygen atoms in total. The van der Waals surface area contributed by atoms with Gasteiger partial charge in [-0.2, -0.15) is 0 Å². The fourth-order valence-corrected chi connectivity index (χ4v) is 4.41. The van der Waals surface area contributed by atoms with Crippen molar-refractivity contribution in [3.8, 4) is 5.69 Å². The van der Waals surface area contributed by atoms with Gasteiger partial charge in [-0.1, -0.05) is 27.2 Å². The van der Waals surface area contributed by atoms with Crippen LogP contribution in [-0.4, -0.2) is 49.0 Å². The largest absolute Gasteiger partial charge is 0.383 e. The fourth-order valence-electron chi connectivity index (χ4n) is 3.93. The molecular weight excluding hydrogens is 462 g/mol. The van der Waals surface area contributed by atoms with E-state index in [1.165, 1.54) is 6.07 Å². The maximum absolute atomic E-state index is 12.7. The van der Waals surface area contributed by atoms with Crippen LogP contribution >= 0.6 is 15.9 Å². The highest BCUT2D eigenvalue weighted by molar-refractivity contribution is 9.10. The summed E-state index contributed by atoms with van der Waals surface area (Å²) in [5.41, 5.74) is 1.90. The summed E-state index contributed by atoms with van der Waals surface area (Å²) in [6.45, 7) is 3.00. The highest BCUT2D eigenvalue weighted by atomic mass is 79.9. The van der Waals surface area contributed by atoms with Crippen LogP contribution < -0.4 is 5.56 Å². The quantitative estimate of drug-likeness (QED) is 0.590. The molecule has 31 heavy (non-hydrogen) atoms.